The van der Waals surface area contributed by atoms with Crippen molar-refractivity contribution in [2.75, 3.05) is 25.1 Å². The monoisotopic (exact) mass is 366 g/mol. The molecule has 27 heavy (non-hydrogen) atoms. The van der Waals surface area contributed by atoms with Gasteiger partial charge in [-0.2, -0.15) is 0 Å². The van der Waals surface area contributed by atoms with E-state index in [1.165, 1.54) is 0 Å². The summed E-state index contributed by atoms with van der Waals surface area (Å²) in [5.41, 5.74) is 3.47. The second-order valence-corrected chi connectivity index (χ2v) is 6.09. The topological polar surface area (TPSA) is 91.4 Å². The maximum Gasteiger partial charge on any atom is 0.340 e. The number of hydrogen-bond acceptors (Lipinski definition) is 5. The van der Waals surface area contributed by atoms with Crippen LogP contribution in [0.4, 0.5) is 5.69 Å². The highest BCUT2D eigenvalue weighted by molar-refractivity contribution is 6.09. The van der Waals surface area contributed by atoms with Crippen molar-refractivity contribution < 1.29 is 19.4 Å². The van der Waals surface area contributed by atoms with Crippen molar-refractivity contribution in [3.63, 3.8) is 0 Å². The first-order valence-corrected chi connectivity index (χ1v) is 8.88. The van der Waals surface area contributed by atoms with E-state index in [-0.39, 0.29) is 19.0 Å². The van der Waals surface area contributed by atoms with Crippen molar-refractivity contribution >= 4 is 28.3 Å². The minimum Gasteiger partial charge on any atom is -0.454 e. The molecule has 0 saturated carbocycles. The number of para-hydroxylation sites is 2. The molecule has 3 aromatic rings. The molecular formula is C21H22N2O4. The van der Waals surface area contributed by atoms with Gasteiger partial charge in [0.1, 0.15) is 0 Å². The van der Waals surface area contributed by atoms with E-state index in [1.54, 1.807) is 30.5 Å². The van der Waals surface area contributed by atoms with Crippen LogP contribution in [0, 0.1) is 0 Å². The molecule has 0 unspecified atom stereocenters. The van der Waals surface area contributed by atoms with Crippen LogP contribution >= 0.6 is 0 Å². The number of ketones is 1. The minimum absolute atomic E-state index is 0.0534. The van der Waals surface area contributed by atoms with E-state index in [9.17, 15) is 9.59 Å². The maximum atomic E-state index is 12.6. The molecule has 0 aliphatic heterocycles. The molecule has 0 fully saturated rings. The molecule has 1 heterocycles. The fourth-order valence-electron chi connectivity index (χ4n) is 3.03. The lowest BCUT2D eigenvalue weighted by Crippen LogP contribution is -2.16. The summed E-state index contributed by atoms with van der Waals surface area (Å²) in [6.07, 6.45) is 2.52. The Balaban J connectivity index is 1.72. The number of H-pyrrole nitrogens is 1. The molecule has 0 spiro atoms. The number of nitrogens with one attached hydrogen (secondary N) is 2. The number of carbonyl (C=O) groups excluding carboxylic acids is 2. The zero-order valence-electron chi connectivity index (χ0n) is 15.1. The summed E-state index contributed by atoms with van der Waals surface area (Å²) in [6, 6.07) is 12.7. The number of aryl methyl sites for hydroxylation is 1. The lowest BCUT2D eigenvalue weighted by atomic mass is 10.1. The van der Waals surface area contributed by atoms with Crippen LogP contribution < -0.4 is 5.32 Å². The summed E-state index contributed by atoms with van der Waals surface area (Å²) in [4.78, 5) is 28.1. The predicted octanol–water partition coefficient (Wildman–Crippen LogP) is 3.17. The molecule has 140 valence electrons. The van der Waals surface area contributed by atoms with Crippen LogP contribution in [0.25, 0.3) is 10.9 Å². The number of fused-ring (bicyclic) bond motifs is 1. The normalized spacial score (nSPS) is 10.7. The zero-order valence-corrected chi connectivity index (χ0v) is 15.1. The van der Waals surface area contributed by atoms with Crippen molar-refractivity contribution in [1.29, 1.82) is 0 Å². The molecule has 6 heteroatoms. The Labute approximate surface area is 157 Å². The number of benzene rings is 2. The Bertz CT molecular complexity index is 962. The first-order chi connectivity index (χ1) is 13.2. The molecule has 0 saturated heterocycles. The van der Waals surface area contributed by atoms with E-state index in [2.05, 4.69) is 17.2 Å². The minimum atomic E-state index is -0.585. The third-order valence-corrected chi connectivity index (χ3v) is 4.39. The number of aliphatic hydroxyl groups is 1. The molecule has 6 nitrogen and oxygen atoms in total. The lowest BCUT2D eigenvalue weighted by molar-refractivity contribution is 0.0476. The molecule has 3 rings (SSSR count). The fourth-order valence-corrected chi connectivity index (χ4v) is 3.03. The van der Waals surface area contributed by atoms with Gasteiger partial charge in [-0.3, -0.25) is 4.79 Å². The van der Waals surface area contributed by atoms with Crippen molar-refractivity contribution in [3.05, 3.63) is 65.4 Å². The molecule has 0 radical (unpaired) electrons. The first-order valence-electron chi connectivity index (χ1n) is 8.88. The smallest absolute Gasteiger partial charge is 0.340 e. The number of aliphatic hydroxyl groups excluding tert-OH is 1. The summed E-state index contributed by atoms with van der Waals surface area (Å²) in [5.74, 6) is -0.845. The second-order valence-electron chi connectivity index (χ2n) is 6.09. The fraction of sp³-hybridized carbons (Fsp3) is 0.238. The van der Waals surface area contributed by atoms with Gasteiger partial charge in [-0.15, -0.1) is 0 Å². The number of hydrogen-bond donors (Lipinski definition) is 3. The molecule has 0 amide bonds. The third kappa shape index (κ3) is 4.01. The molecule has 2 aromatic carbocycles. The van der Waals surface area contributed by atoms with Gasteiger partial charge in [-0.25, -0.2) is 4.79 Å². The van der Waals surface area contributed by atoms with E-state index in [0.717, 1.165) is 22.9 Å². The zero-order chi connectivity index (χ0) is 19.2. The Morgan fingerprint density at radius 2 is 1.93 bits per heavy atom. The van der Waals surface area contributed by atoms with Crippen molar-refractivity contribution in [3.8, 4) is 0 Å². The summed E-state index contributed by atoms with van der Waals surface area (Å²) < 4.78 is 5.23. The third-order valence-electron chi connectivity index (χ3n) is 4.39. The predicted molar refractivity (Wildman–Crippen MR) is 104 cm³/mol. The molecule has 1 aromatic heterocycles. The van der Waals surface area contributed by atoms with E-state index >= 15 is 0 Å². The number of aromatic nitrogens is 1. The molecule has 0 bridgehead atoms. The van der Waals surface area contributed by atoms with Crippen molar-refractivity contribution in [2.24, 2.45) is 0 Å². The Morgan fingerprint density at radius 3 is 2.70 bits per heavy atom. The molecular weight excluding hydrogens is 344 g/mol. The lowest BCUT2D eigenvalue weighted by Gasteiger charge is -2.10. The Kier molecular flexibility index (Phi) is 5.88. The highest BCUT2D eigenvalue weighted by Crippen LogP contribution is 2.23. The number of anilines is 1. The van der Waals surface area contributed by atoms with E-state index < -0.39 is 5.97 Å². The number of carbonyl (C=O) groups is 2. The van der Waals surface area contributed by atoms with Crippen LogP contribution in [-0.4, -0.2) is 41.6 Å². The van der Waals surface area contributed by atoms with Crippen LogP contribution in [-0.2, 0) is 11.2 Å². The van der Waals surface area contributed by atoms with Crippen molar-refractivity contribution in [1.82, 2.24) is 4.98 Å². The van der Waals surface area contributed by atoms with Gasteiger partial charge in [0.25, 0.3) is 0 Å². The summed E-state index contributed by atoms with van der Waals surface area (Å²) in [6.45, 7) is 1.98. The summed E-state index contributed by atoms with van der Waals surface area (Å²) in [7, 11) is 0. The Morgan fingerprint density at radius 1 is 1.11 bits per heavy atom. The van der Waals surface area contributed by atoms with E-state index in [0.29, 0.717) is 23.4 Å². The van der Waals surface area contributed by atoms with Crippen LogP contribution in [0.1, 0.15) is 33.2 Å². The van der Waals surface area contributed by atoms with Crippen LogP contribution in [0.2, 0.25) is 0 Å². The van der Waals surface area contributed by atoms with Gasteiger partial charge < -0.3 is 20.1 Å². The molecule has 0 aliphatic carbocycles. The highest BCUT2D eigenvalue weighted by Gasteiger charge is 2.17. The number of esters is 1. The van der Waals surface area contributed by atoms with Crippen LogP contribution in [0.15, 0.2) is 48.7 Å². The highest BCUT2D eigenvalue weighted by atomic mass is 16.5. The van der Waals surface area contributed by atoms with E-state index in [1.807, 2.05) is 18.2 Å². The van der Waals surface area contributed by atoms with Gasteiger partial charge >= 0.3 is 5.97 Å². The van der Waals surface area contributed by atoms with Crippen LogP contribution in [0.3, 0.4) is 0 Å². The van der Waals surface area contributed by atoms with Crippen LogP contribution in [0.5, 0.6) is 0 Å². The molecule has 0 atom stereocenters. The summed E-state index contributed by atoms with van der Waals surface area (Å²) in [5, 5.41) is 12.7. The maximum absolute atomic E-state index is 12.6. The average molecular weight is 366 g/mol. The second kappa shape index (κ2) is 8.51. The van der Waals surface area contributed by atoms with Gasteiger partial charge in [0, 0.05) is 34.9 Å². The van der Waals surface area contributed by atoms with Gasteiger partial charge in [0.15, 0.2) is 6.61 Å². The first kappa shape index (κ1) is 18.7. The van der Waals surface area contributed by atoms with Gasteiger partial charge in [0.2, 0.25) is 5.78 Å². The Hall–Kier alpha value is -3.12. The number of rotatable bonds is 8. The standard InChI is InChI=1S/C21H22N2O4/c1-2-14-6-5-8-15-17(12-23-20(14)15)19(25)13-27-21(26)16-7-3-4-9-18(16)22-10-11-24/h3-9,12,22-24H,2,10-11,13H2,1H3. The summed E-state index contributed by atoms with van der Waals surface area (Å²) >= 11 is 0. The average Bonchev–Trinajstić information content (AvgIpc) is 3.14. The number of Topliss-reactive ketones (excluding diaryl/α,β-unsaturated/α-hetero) is 1. The number of ether oxygens (including phenoxy) is 1. The molecule has 3 N–H and O–H groups in total. The SMILES string of the molecule is CCc1cccc2c(C(=O)COC(=O)c3ccccc3NCCO)c[nH]c12. The van der Waals surface area contributed by atoms with Crippen molar-refractivity contribution in [2.45, 2.75) is 13.3 Å². The molecule has 0 aliphatic rings. The van der Waals surface area contributed by atoms with Gasteiger partial charge in [0.05, 0.1) is 12.2 Å². The quantitative estimate of drug-likeness (QED) is 0.421. The van der Waals surface area contributed by atoms with Gasteiger partial charge in [-0.05, 0) is 24.1 Å². The van der Waals surface area contributed by atoms with Gasteiger partial charge in [-0.1, -0.05) is 37.3 Å². The number of aromatic amines is 1. The van der Waals surface area contributed by atoms with E-state index in [4.69, 9.17) is 9.84 Å². The largest absolute Gasteiger partial charge is 0.454 e.